The molecule has 49 heavy (non-hydrogen) atoms. The molecule has 9 nitrogen and oxygen atoms in total. The van der Waals surface area contributed by atoms with Gasteiger partial charge in [0.25, 0.3) is 0 Å². The zero-order valence-corrected chi connectivity index (χ0v) is 31.2. The molecule has 6 rings (SSSR count). The Kier molecular flexibility index (Phi) is 9.55. The number of aliphatic hydroxyl groups excluding tert-OH is 4. The molecule has 1 saturated heterocycles. The van der Waals surface area contributed by atoms with E-state index in [1.165, 1.54) is 5.57 Å². The fourth-order valence-corrected chi connectivity index (χ4v) is 12.7. The van der Waals surface area contributed by atoms with Crippen LogP contribution in [-0.4, -0.2) is 80.7 Å². The number of hydrogen-bond acceptors (Lipinski definition) is 8. The Morgan fingerprint density at radius 2 is 1.61 bits per heavy atom. The van der Waals surface area contributed by atoms with Crippen molar-refractivity contribution in [3.05, 3.63) is 11.6 Å². The number of carbonyl (C=O) groups is 2. The summed E-state index contributed by atoms with van der Waals surface area (Å²) in [7, 11) is 0. The maximum atomic E-state index is 13.0. The predicted molar refractivity (Wildman–Crippen MR) is 184 cm³/mol. The third-order valence-corrected chi connectivity index (χ3v) is 15.9. The number of hydrogen-bond donors (Lipinski definition) is 5. The molecule has 4 saturated carbocycles. The molecule has 6 aliphatic rings. The smallest absolute Gasteiger partial charge is 0.338 e. The molecule has 1 aliphatic heterocycles. The minimum atomic E-state index is -1.66. The minimum Gasteiger partial charge on any atom is -0.481 e. The maximum absolute atomic E-state index is 13.0. The van der Waals surface area contributed by atoms with Crippen molar-refractivity contribution in [3.63, 3.8) is 0 Å². The average Bonchev–Trinajstić information content (AvgIpc) is 3.02. The van der Waals surface area contributed by atoms with E-state index < -0.39 is 54.0 Å². The average molecular weight is 689 g/mol. The Morgan fingerprint density at radius 3 is 2.27 bits per heavy atom. The second-order valence-corrected chi connectivity index (χ2v) is 19.3. The first kappa shape index (κ1) is 37.2. The Bertz CT molecular complexity index is 1330. The van der Waals surface area contributed by atoms with Crippen LogP contribution in [0.1, 0.15) is 120 Å². The largest absolute Gasteiger partial charge is 0.481 e. The summed E-state index contributed by atoms with van der Waals surface area (Å²) in [5.41, 5.74) is 0.830. The van der Waals surface area contributed by atoms with Crippen LogP contribution in [-0.2, 0) is 19.1 Å². The lowest BCUT2D eigenvalue weighted by Crippen LogP contribution is -2.66. The van der Waals surface area contributed by atoms with E-state index in [0.29, 0.717) is 18.3 Å². The molecule has 0 aromatic heterocycles. The van der Waals surface area contributed by atoms with Gasteiger partial charge in [0, 0.05) is 0 Å². The number of carboxylic acid groups (broad SMARTS) is 1. The maximum Gasteiger partial charge on any atom is 0.338 e. The van der Waals surface area contributed by atoms with Crippen LogP contribution in [0.5, 0.6) is 0 Å². The number of carboxylic acids is 1. The Balaban J connectivity index is 1.24. The van der Waals surface area contributed by atoms with Crippen molar-refractivity contribution >= 4 is 11.9 Å². The lowest BCUT2D eigenvalue weighted by molar-refractivity contribution is -0.258. The van der Waals surface area contributed by atoms with Crippen LogP contribution in [0.25, 0.3) is 0 Å². The summed E-state index contributed by atoms with van der Waals surface area (Å²) in [4.78, 5) is 25.8. The minimum absolute atomic E-state index is 0.00573. The van der Waals surface area contributed by atoms with Crippen LogP contribution in [0, 0.1) is 62.6 Å². The lowest BCUT2D eigenvalue weighted by atomic mass is 9.34. The van der Waals surface area contributed by atoms with Gasteiger partial charge in [0.2, 0.25) is 0 Å². The van der Waals surface area contributed by atoms with Gasteiger partial charge in [0.1, 0.15) is 24.4 Å². The molecule has 0 bridgehead atoms. The molecular formula is C40H64O9. The van der Waals surface area contributed by atoms with Crippen molar-refractivity contribution in [1.82, 2.24) is 0 Å². The highest BCUT2D eigenvalue weighted by atomic mass is 16.6. The fourth-order valence-electron chi connectivity index (χ4n) is 12.7. The van der Waals surface area contributed by atoms with Crippen LogP contribution in [0.15, 0.2) is 11.6 Å². The first-order chi connectivity index (χ1) is 22.7. The number of aliphatic carboxylic acids is 1. The molecule has 0 spiro atoms. The van der Waals surface area contributed by atoms with Gasteiger partial charge in [-0.05, 0) is 121 Å². The predicted octanol–water partition coefficient (Wildman–Crippen LogP) is 5.51. The Morgan fingerprint density at radius 1 is 0.939 bits per heavy atom. The zero-order chi connectivity index (χ0) is 36.1. The topological polar surface area (TPSA) is 154 Å². The molecule has 0 aromatic carbocycles. The number of allylic oxidation sites excluding steroid dienone is 2. The molecule has 278 valence electrons. The van der Waals surface area contributed by atoms with Crippen molar-refractivity contribution < 1.29 is 44.6 Å². The molecule has 5 aliphatic carbocycles. The normalized spacial score (nSPS) is 49.8. The second-order valence-electron chi connectivity index (χ2n) is 19.3. The monoisotopic (exact) mass is 688 g/mol. The van der Waals surface area contributed by atoms with Gasteiger partial charge in [0.15, 0.2) is 6.10 Å². The molecular weight excluding hydrogens is 624 g/mol. The summed E-state index contributed by atoms with van der Waals surface area (Å²) >= 11 is 0. The third-order valence-electron chi connectivity index (χ3n) is 15.9. The van der Waals surface area contributed by atoms with Crippen LogP contribution < -0.4 is 0 Å². The quantitative estimate of drug-likeness (QED) is 0.180. The van der Waals surface area contributed by atoms with E-state index in [-0.39, 0.29) is 51.9 Å². The van der Waals surface area contributed by atoms with Crippen molar-refractivity contribution in [2.45, 2.75) is 156 Å². The molecule has 0 aromatic rings. The van der Waals surface area contributed by atoms with Crippen molar-refractivity contribution in [2.24, 2.45) is 62.6 Å². The van der Waals surface area contributed by atoms with E-state index in [2.05, 4.69) is 47.6 Å². The number of rotatable bonds is 6. The van der Waals surface area contributed by atoms with Gasteiger partial charge < -0.3 is 35.0 Å². The molecule has 0 amide bonds. The van der Waals surface area contributed by atoms with Crippen LogP contribution in [0.4, 0.5) is 0 Å². The van der Waals surface area contributed by atoms with Gasteiger partial charge in [0.05, 0.1) is 18.1 Å². The number of fused-ring (bicyclic) bond motifs is 7. The molecule has 15 atom stereocenters. The number of ether oxygens (including phenoxy) is 2. The molecule has 5 fully saturated rings. The summed E-state index contributed by atoms with van der Waals surface area (Å²) in [6.45, 7) is 18.1. The van der Waals surface area contributed by atoms with Gasteiger partial charge in [-0.25, -0.2) is 4.79 Å². The lowest BCUT2D eigenvalue weighted by Gasteiger charge is -2.70. The first-order valence-corrected chi connectivity index (χ1v) is 19.2. The van der Waals surface area contributed by atoms with E-state index in [4.69, 9.17) is 9.47 Å². The van der Waals surface area contributed by atoms with E-state index in [0.717, 1.165) is 57.8 Å². The van der Waals surface area contributed by atoms with Crippen LogP contribution >= 0.6 is 0 Å². The van der Waals surface area contributed by atoms with Gasteiger partial charge in [-0.2, -0.15) is 0 Å². The standard InChI is InChI=1S/C40H64O9/c1-21(2)20-48-34(45)33-31(44)29(42)30(43)32(49-33)28(41)23-11-13-37(6)24(22(23)3)12-14-39(8)27(37)10-9-25-26-19-36(4,5)15-17-40(26,35(46)47)18-16-38(25,39)7/h9,21-24,26-33,41-44H,10-20H2,1-8H3,(H,46,47)/t22-,23?,24?,26?,27?,28+,29?,30?,31-,32-,33?,37-,38+,39+,40-/m0/s1. The van der Waals surface area contributed by atoms with Crippen molar-refractivity contribution in [2.75, 3.05) is 6.61 Å². The van der Waals surface area contributed by atoms with Gasteiger partial charge >= 0.3 is 11.9 Å². The summed E-state index contributed by atoms with van der Waals surface area (Å²) in [5, 5.41) is 54.9. The van der Waals surface area contributed by atoms with Crippen molar-refractivity contribution in [1.29, 1.82) is 0 Å². The zero-order valence-electron chi connectivity index (χ0n) is 31.2. The summed E-state index contributed by atoms with van der Waals surface area (Å²) in [5.74, 6) is -0.684. The Labute approximate surface area is 293 Å². The molecule has 9 heteroatoms. The highest BCUT2D eigenvalue weighted by Gasteiger charge is 2.68. The molecule has 5 N–H and O–H groups in total. The van der Waals surface area contributed by atoms with Crippen molar-refractivity contribution in [3.8, 4) is 0 Å². The van der Waals surface area contributed by atoms with Gasteiger partial charge in [-0.1, -0.05) is 67.0 Å². The fraction of sp³-hybridized carbons (Fsp3) is 0.900. The second kappa shape index (κ2) is 12.6. The van der Waals surface area contributed by atoms with Gasteiger partial charge in [-0.3, -0.25) is 4.79 Å². The SMILES string of the molecule is CC(C)COC(=O)C1O[C@@H]([C@H](O)C2CC[C@@]3(C)C(CC[C@]4(C)C3CC=C3C5CC(C)(C)CC[C@]5(C(=O)O)CC[C@]34C)[C@H]2C)C(O)C(O)[C@@H]1O. The highest BCUT2D eigenvalue weighted by Crippen LogP contribution is 2.75. The number of aliphatic hydroxyl groups is 4. The highest BCUT2D eigenvalue weighted by molar-refractivity contribution is 5.77. The van der Waals surface area contributed by atoms with E-state index >= 15 is 0 Å². The first-order valence-electron chi connectivity index (χ1n) is 19.2. The van der Waals surface area contributed by atoms with E-state index in [1.54, 1.807) is 0 Å². The Hall–Kier alpha value is -1.52. The van der Waals surface area contributed by atoms with Crippen LogP contribution in [0.3, 0.4) is 0 Å². The molecule has 1 heterocycles. The third kappa shape index (κ3) is 5.57. The van der Waals surface area contributed by atoms with Gasteiger partial charge in [-0.15, -0.1) is 0 Å². The number of esters is 1. The molecule has 7 unspecified atom stereocenters. The summed E-state index contributed by atoms with van der Waals surface area (Å²) < 4.78 is 11.2. The summed E-state index contributed by atoms with van der Waals surface area (Å²) in [6.07, 6.45) is 2.59. The summed E-state index contributed by atoms with van der Waals surface area (Å²) in [6, 6.07) is 0. The number of carbonyl (C=O) groups excluding carboxylic acids is 1. The molecule has 0 radical (unpaired) electrons. The van der Waals surface area contributed by atoms with E-state index in [9.17, 15) is 35.1 Å². The van der Waals surface area contributed by atoms with E-state index in [1.807, 2.05) is 13.8 Å². The van der Waals surface area contributed by atoms with Crippen LogP contribution in [0.2, 0.25) is 0 Å².